The first-order chi connectivity index (χ1) is 7.68. The van der Waals surface area contributed by atoms with Crippen molar-refractivity contribution in [2.75, 3.05) is 0 Å². The second-order valence-corrected chi connectivity index (χ2v) is 3.65. The summed E-state index contributed by atoms with van der Waals surface area (Å²) >= 11 is 5.81. The Morgan fingerprint density at radius 2 is 2.31 bits per heavy atom. The van der Waals surface area contributed by atoms with Crippen molar-refractivity contribution < 1.29 is 9.18 Å². The SMILES string of the molecule is O=C(Cc1c(F)cccc1Cl)c1ncc[nH]1. The highest BCUT2D eigenvalue weighted by atomic mass is 35.5. The number of benzene rings is 1. The van der Waals surface area contributed by atoms with Crippen LogP contribution in [-0.2, 0) is 6.42 Å². The number of ketones is 1. The molecule has 1 heterocycles. The number of H-pyrrole nitrogens is 1. The fourth-order valence-electron chi connectivity index (χ4n) is 1.36. The number of nitrogens with zero attached hydrogens (tertiary/aromatic N) is 1. The van der Waals surface area contributed by atoms with Crippen molar-refractivity contribution in [2.45, 2.75) is 6.42 Å². The fourth-order valence-corrected chi connectivity index (χ4v) is 1.59. The van der Waals surface area contributed by atoms with Gasteiger partial charge >= 0.3 is 0 Å². The van der Waals surface area contributed by atoms with E-state index < -0.39 is 5.82 Å². The summed E-state index contributed by atoms with van der Waals surface area (Å²) in [5, 5.41) is 0.250. The zero-order valence-corrected chi connectivity index (χ0v) is 8.96. The lowest BCUT2D eigenvalue weighted by atomic mass is 10.1. The van der Waals surface area contributed by atoms with E-state index in [-0.39, 0.29) is 28.6 Å². The van der Waals surface area contributed by atoms with Gasteiger partial charge < -0.3 is 4.98 Å². The summed E-state index contributed by atoms with van der Waals surface area (Å²) < 4.78 is 13.4. The van der Waals surface area contributed by atoms with Gasteiger partial charge in [0.05, 0.1) is 0 Å². The third-order valence-electron chi connectivity index (χ3n) is 2.16. The van der Waals surface area contributed by atoms with Crippen molar-refractivity contribution in [3.05, 3.63) is 52.8 Å². The van der Waals surface area contributed by atoms with Gasteiger partial charge in [0.25, 0.3) is 0 Å². The van der Waals surface area contributed by atoms with Crippen molar-refractivity contribution in [3.63, 3.8) is 0 Å². The van der Waals surface area contributed by atoms with E-state index in [1.807, 2.05) is 0 Å². The summed E-state index contributed by atoms with van der Waals surface area (Å²) in [5.41, 5.74) is 0.200. The monoisotopic (exact) mass is 238 g/mol. The largest absolute Gasteiger partial charge is 0.342 e. The van der Waals surface area contributed by atoms with Crippen LogP contribution in [0.25, 0.3) is 0 Å². The van der Waals surface area contributed by atoms with E-state index in [1.165, 1.54) is 24.5 Å². The van der Waals surface area contributed by atoms with Gasteiger partial charge in [-0.1, -0.05) is 17.7 Å². The molecule has 16 heavy (non-hydrogen) atoms. The van der Waals surface area contributed by atoms with E-state index in [9.17, 15) is 9.18 Å². The predicted molar refractivity (Wildman–Crippen MR) is 58.0 cm³/mol. The van der Waals surface area contributed by atoms with Crippen molar-refractivity contribution in [3.8, 4) is 0 Å². The van der Waals surface area contributed by atoms with Crippen LogP contribution >= 0.6 is 11.6 Å². The number of rotatable bonds is 3. The average molecular weight is 239 g/mol. The Morgan fingerprint density at radius 3 is 2.94 bits per heavy atom. The molecule has 3 nitrogen and oxygen atoms in total. The molecule has 0 atom stereocenters. The van der Waals surface area contributed by atoms with Crippen LogP contribution in [0.5, 0.6) is 0 Å². The molecule has 0 aliphatic carbocycles. The van der Waals surface area contributed by atoms with Crippen molar-refractivity contribution in [1.82, 2.24) is 9.97 Å². The van der Waals surface area contributed by atoms with Crippen molar-refractivity contribution in [2.24, 2.45) is 0 Å². The van der Waals surface area contributed by atoms with Gasteiger partial charge in [0.15, 0.2) is 5.82 Å². The van der Waals surface area contributed by atoms with Gasteiger partial charge in [-0.15, -0.1) is 0 Å². The van der Waals surface area contributed by atoms with Crippen LogP contribution in [0.1, 0.15) is 16.2 Å². The van der Waals surface area contributed by atoms with Crippen LogP contribution < -0.4 is 0 Å². The van der Waals surface area contributed by atoms with Crippen molar-refractivity contribution in [1.29, 1.82) is 0 Å². The number of hydrogen-bond acceptors (Lipinski definition) is 2. The molecule has 0 spiro atoms. The Balaban J connectivity index is 2.25. The molecule has 0 amide bonds. The molecular weight excluding hydrogens is 231 g/mol. The number of Topliss-reactive ketones (excluding diaryl/α,β-unsaturated/α-hetero) is 1. The van der Waals surface area contributed by atoms with E-state index in [0.29, 0.717) is 0 Å². The lowest BCUT2D eigenvalue weighted by molar-refractivity contribution is 0.0983. The quantitative estimate of drug-likeness (QED) is 0.836. The summed E-state index contributed by atoms with van der Waals surface area (Å²) in [6.07, 6.45) is 2.91. The van der Waals surface area contributed by atoms with E-state index in [1.54, 1.807) is 6.07 Å². The fraction of sp³-hybridized carbons (Fsp3) is 0.0909. The molecule has 2 aromatic rings. The second-order valence-electron chi connectivity index (χ2n) is 3.24. The van der Waals surface area contributed by atoms with Gasteiger partial charge in [0, 0.05) is 29.4 Å². The Labute approximate surface area is 96.3 Å². The lowest BCUT2D eigenvalue weighted by Crippen LogP contribution is -2.07. The van der Waals surface area contributed by atoms with Crippen LogP contribution in [0, 0.1) is 5.82 Å². The smallest absolute Gasteiger partial charge is 0.202 e. The third kappa shape index (κ3) is 2.12. The van der Waals surface area contributed by atoms with E-state index in [0.717, 1.165) is 0 Å². The minimum atomic E-state index is -0.479. The number of halogens is 2. The second kappa shape index (κ2) is 4.45. The van der Waals surface area contributed by atoms with Crippen LogP contribution in [-0.4, -0.2) is 15.8 Å². The summed E-state index contributed by atoms with van der Waals surface area (Å²) in [6.45, 7) is 0. The maximum absolute atomic E-state index is 13.4. The van der Waals surface area contributed by atoms with Crippen LogP contribution in [0.4, 0.5) is 4.39 Å². The number of aromatic nitrogens is 2. The topological polar surface area (TPSA) is 45.8 Å². The first-order valence-electron chi connectivity index (χ1n) is 4.64. The summed E-state index contributed by atoms with van der Waals surface area (Å²) in [4.78, 5) is 18.1. The first-order valence-corrected chi connectivity index (χ1v) is 5.01. The van der Waals surface area contributed by atoms with Crippen LogP contribution in [0.15, 0.2) is 30.6 Å². The van der Waals surface area contributed by atoms with E-state index in [2.05, 4.69) is 9.97 Å². The predicted octanol–water partition coefficient (Wildman–Crippen LogP) is 2.63. The summed E-state index contributed by atoms with van der Waals surface area (Å²) in [5.74, 6) is -0.566. The molecule has 0 fully saturated rings. The molecule has 0 radical (unpaired) electrons. The Morgan fingerprint density at radius 1 is 1.50 bits per heavy atom. The number of hydrogen-bond donors (Lipinski definition) is 1. The highest BCUT2D eigenvalue weighted by Crippen LogP contribution is 2.20. The molecule has 1 aromatic carbocycles. The minimum Gasteiger partial charge on any atom is -0.342 e. The van der Waals surface area contributed by atoms with Gasteiger partial charge in [0.2, 0.25) is 5.78 Å². The first kappa shape index (κ1) is 10.8. The summed E-state index contributed by atoms with van der Waals surface area (Å²) in [6, 6.07) is 4.32. The molecule has 2 rings (SSSR count). The maximum Gasteiger partial charge on any atom is 0.202 e. The number of imidazole rings is 1. The van der Waals surface area contributed by atoms with E-state index >= 15 is 0 Å². The zero-order chi connectivity index (χ0) is 11.5. The van der Waals surface area contributed by atoms with Gasteiger partial charge in [-0.3, -0.25) is 4.79 Å². The molecule has 0 saturated heterocycles. The number of aromatic amines is 1. The molecule has 0 bridgehead atoms. The molecule has 0 aliphatic rings. The number of carbonyl (C=O) groups excluding carboxylic acids is 1. The van der Waals surface area contributed by atoms with Gasteiger partial charge in [-0.25, -0.2) is 9.37 Å². The highest BCUT2D eigenvalue weighted by molar-refractivity contribution is 6.31. The normalized spacial score (nSPS) is 10.4. The highest BCUT2D eigenvalue weighted by Gasteiger charge is 2.14. The van der Waals surface area contributed by atoms with Gasteiger partial charge in [-0.05, 0) is 12.1 Å². The summed E-state index contributed by atoms with van der Waals surface area (Å²) in [7, 11) is 0. The minimum absolute atomic E-state index is 0.0982. The van der Waals surface area contributed by atoms with Gasteiger partial charge in [0.1, 0.15) is 5.82 Å². The molecule has 1 N–H and O–H groups in total. The number of nitrogens with one attached hydrogen (secondary N) is 1. The molecule has 0 aliphatic heterocycles. The lowest BCUT2D eigenvalue weighted by Gasteiger charge is -2.03. The molecule has 82 valence electrons. The molecule has 0 saturated carbocycles. The van der Waals surface area contributed by atoms with Crippen molar-refractivity contribution >= 4 is 17.4 Å². The third-order valence-corrected chi connectivity index (χ3v) is 2.52. The van der Waals surface area contributed by atoms with Crippen LogP contribution in [0.3, 0.4) is 0 Å². The molecule has 1 aromatic heterocycles. The Bertz CT molecular complexity index is 490. The Kier molecular flexibility index (Phi) is 3.01. The molecular formula is C11H8ClFN2O. The van der Waals surface area contributed by atoms with E-state index in [4.69, 9.17) is 11.6 Å². The average Bonchev–Trinajstić information content (AvgIpc) is 2.76. The number of carbonyl (C=O) groups is 1. The molecule has 5 heteroatoms. The molecule has 0 unspecified atom stereocenters. The van der Waals surface area contributed by atoms with Gasteiger partial charge in [-0.2, -0.15) is 0 Å². The zero-order valence-electron chi connectivity index (χ0n) is 8.21. The van der Waals surface area contributed by atoms with Crippen LogP contribution in [0.2, 0.25) is 5.02 Å². The maximum atomic E-state index is 13.4. The standard InChI is InChI=1S/C11H8ClFN2O/c12-8-2-1-3-9(13)7(8)6-10(16)11-14-4-5-15-11/h1-5H,6H2,(H,14,15). The Hall–Kier alpha value is -1.68.